The van der Waals surface area contributed by atoms with Crippen molar-refractivity contribution in [3.63, 3.8) is 0 Å². The van der Waals surface area contributed by atoms with Crippen LogP contribution < -0.4 is 26.0 Å². The van der Waals surface area contributed by atoms with E-state index in [1.165, 1.54) is 7.11 Å². The molecule has 3 saturated heterocycles. The number of imidazole rings is 1. The molecule has 1 atom stereocenters. The molecular weight excluding hydrogens is 775 g/mol. The van der Waals surface area contributed by atoms with E-state index >= 15 is 0 Å². The molecule has 1 saturated carbocycles. The lowest BCUT2D eigenvalue weighted by atomic mass is 9.86. The molecule has 4 fully saturated rings. The molecule has 1 aliphatic carbocycles. The zero-order valence-corrected chi connectivity index (χ0v) is 34.8. The van der Waals surface area contributed by atoms with Crippen molar-refractivity contribution in [1.29, 1.82) is 0 Å². The first-order valence-electron chi connectivity index (χ1n) is 21.8. The molecule has 16 nitrogen and oxygen atoms in total. The van der Waals surface area contributed by atoms with Crippen molar-refractivity contribution in [1.82, 2.24) is 34.6 Å². The predicted octanol–water partition coefficient (Wildman–Crippen LogP) is 3.85. The van der Waals surface area contributed by atoms with Gasteiger partial charge in [-0.05, 0) is 92.7 Å². The maximum Gasteiger partial charge on any atom is 0.260 e. The SMILES string of the molecule is COc1cc(N)c(C=NC2CCC(CN3CCN(CC4CCN(c5ccc6c(c5)C(=O)N(C5CCC(=O)NC5=O)C6)CC4)CC3)CC2)cc1C(=O)Nc1cnc2cccnn12. The summed E-state index contributed by atoms with van der Waals surface area (Å²) in [5.41, 5.74) is 11.3. The fourth-order valence-electron chi connectivity index (χ4n) is 9.83. The smallest absolute Gasteiger partial charge is 0.260 e. The summed E-state index contributed by atoms with van der Waals surface area (Å²) in [6.07, 6.45) is 12.3. The second-order valence-electron chi connectivity index (χ2n) is 17.3. The van der Waals surface area contributed by atoms with Crippen LogP contribution in [-0.4, -0.2) is 131 Å². The van der Waals surface area contributed by atoms with Gasteiger partial charge in [-0.15, -0.1) is 0 Å². The van der Waals surface area contributed by atoms with Crippen molar-refractivity contribution >= 4 is 52.7 Å². The number of fused-ring (bicyclic) bond motifs is 2. The monoisotopic (exact) mass is 829 g/mol. The summed E-state index contributed by atoms with van der Waals surface area (Å²) in [5, 5.41) is 9.55. The first-order valence-corrected chi connectivity index (χ1v) is 21.8. The number of nitrogens with zero attached hydrogens (tertiary/aromatic N) is 8. The minimum absolute atomic E-state index is 0.118. The predicted molar refractivity (Wildman–Crippen MR) is 232 cm³/mol. The van der Waals surface area contributed by atoms with Gasteiger partial charge in [0.1, 0.15) is 11.8 Å². The van der Waals surface area contributed by atoms with Gasteiger partial charge in [-0.3, -0.25) is 29.5 Å². The van der Waals surface area contributed by atoms with Gasteiger partial charge in [-0.2, -0.15) is 9.61 Å². The van der Waals surface area contributed by atoms with Gasteiger partial charge >= 0.3 is 0 Å². The van der Waals surface area contributed by atoms with E-state index in [2.05, 4.69) is 41.5 Å². The average Bonchev–Trinajstić information content (AvgIpc) is 3.84. The van der Waals surface area contributed by atoms with E-state index < -0.39 is 6.04 Å². The summed E-state index contributed by atoms with van der Waals surface area (Å²) >= 11 is 0. The van der Waals surface area contributed by atoms with Crippen LogP contribution in [0.5, 0.6) is 5.75 Å². The van der Waals surface area contributed by atoms with Crippen LogP contribution in [0.3, 0.4) is 0 Å². The summed E-state index contributed by atoms with van der Waals surface area (Å²) in [6.45, 7) is 9.05. The number of amides is 4. The Morgan fingerprint density at radius 1 is 0.934 bits per heavy atom. The number of aromatic nitrogens is 3. The number of anilines is 3. The van der Waals surface area contributed by atoms with E-state index in [0.717, 1.165) is 102 Å². The van der Waals surface area contributed by atoms with Crippen molar-refractivity contribution in [3.05, 3.63) is 77.1 Å². The van der Waals surface area contributed by atoms with Crippen LogP contribution in [0.15, 0.2) is 59.9 Å². The van der Waals surface area contributed by atoms with E-state index in [-0.39, 0.29) is 36.1 Å². The fourth-order valence-corrected chi connectivity index (χ4v) is 9.83. The first-order chi connectivity index (χ1) is 29.7. The number of nitrogens with two attached hydrogens (primary N) is 1. The molecule has 1 unspecified atom stereocenters. The number of carbonyl (C=O) groups excluding carboxylic acids is 4. The number of hydrogen-bond acceptors (Lipinski definition) is 12. The fraction of sp³-hybridized carbons (Fsp3) is 0.489. The van der Waals surface area contributed by atoms with E-state index in [1.54, 1.807) is 40.0 Å². The summed E-state index contributed by atoms with van der Waals surface area (Å²) in [4.78, 5) is 69.4. The Morgan fingerprint density at radius 3 is 2.39 bits per heavy atom. The van der Waals surface area contributed by atoms with Crippen LogP contribution in [0.2, 0.25) is 0 Å². The standard InChI is InChI=1S/C45H55N11O5/c1-61-39-23-37(46)32(21-36(39)43(58)50-41-25-48-40-3-2-14-49-56(40)41)24-47-33-7-4-29(5-8-33)26-52-17-19-53(20-18-52)27-30-12-15-54(16-13-30)34-9-6-31-28-55(45(60)35(31)22-34)38-10-11-42(57)51-44(38)59/h2-3,6,9,14,21-25,29-30,33,38H,4-5,7-8,10-13,15-20,26-28,46H2,1H3,(H,50,58)(H,51,57,59). The second-order valence-corrected chi connectivity index (χ2v) is 17.3. The largest absolute Gasteiger partial charge is 0.496 e. The maximum atomic E-state index is 13.4. The zero-order valence-electron chi connectivity index (χ0n) is 34.8. The highest BCUT2D eigenvalue weighted by Crippen LogP contribution is 2.33. The van der Waals surface area contributed by atoms with E-state index in [4.69, 9.17) is 15.5 Å². The lowest BCUT2D eigenvalue weighted by molar-refractivity contribution is -0.136. The number of ether oxygens (including phenoxy) is 1. The Hall–Kier alpha value is -5.87. The van der Waals surface area contributed by atoms with Crippen LogP contribution >= 0.6 is 0 Å². The molecule has 4 aliphatic heterocycles. The third-order valence-corrected chi connectivity index (χ3v) is 13.4. The topological polar surface area (TPSA) is 183 Å². The van der Waals surface area contributed by atoms with Crippen LogP contribution in [0, 0.1) is 11.8 Å². The van der Waals surface area contributed by atoms with Crippen molar-refractivity contribution in [2.75, 3.05) is 75.4 Å². The number of imide groups is 1. The van der Waals surface area contributed by atoms with Crippen LogP contribution in [-0.2, 0) is 16.1 Å². The van der Waals surface area contributed by atoms with E-state index in [0.29, 0.717) is 64.4 Å². The summed E-state index contributed by atoms with van der Waals surface area (Å²) in [6, 6.07) is 12.8. The van der Waals surface area contributed by atoms with E-state index in [9.17, 15) is 19.2 Å². The number of aliphatic imine (C=N–C) groups is 1. The number of piperidine rings is 2. The van der Waals surface area contributed by atoms with Gasteiger partial charge in [0.25, 0.3) is 11.8 Å². The van der Waals surface area contributed by atoms with Gasteiger partial charge in [0, 0.05) is 112 Å². The molecule has 320 valence electrons. The van der Waals surface area contributed by atoms with Crippen molar-refractivity contribution in [2.24, 2.45) is 16.8 Å². The second kappa shape index (κ2) is 17.6. The number of rotatable bonds is 11. The van der Waals surface area contributed by atoms with Gasteiger partial charge in [0.15, 0.2) is 11.5 Å². The summed E-state index contributed by atoms with van der Waals surface area (Å²) < 4.78 is 7.08. The van der Waals surface area contributed by atoms with Gasteiger partial charge < -0.3 is 35.4 Å². The van der Waals surface area contributed by atoms with Crippen molar-refractivity contribution in [3.8, 4) is 5.75 Å². The Morgan fingerprint density at radius 2 is 1.67 bits per heavy atom. The zero-order chi connectivity index (χ0) is 42.0. The third-order valence-electron chi connectivity index (χ3n) is 13.4. The number of piperazine rings is 1. The van der Waals surface area contributed by atoms with Crippen LogP contribution in [0.1, 0.15) is 83.2 Å². The van der Waals surface area contributed by atoms with Gasteiger partial charge in [-0.25, -0.2) is 4.98 Å². The molecule has 2 aromatic carbocycles. The molecule has 0 spiro atoms. The normalized spacial score (nSPS) is 23.2. The Bertz CT molecular complexity index is 2320. The molecule has 0 radical (unpaired) electrons. The molecule has 4 amide bonds. The molecule has 9 rings (SSSR count). The molecule has 16 heteroatoms. The number of hydrogen-bond donors (Lipinski definition) is 3. The Balaban J connectivity index is 0.696. The molecule has 4 aromatic rings. The third kappa shape index (κ3) is 8.82. The highest BCUT2D eigenvalue weighted by Gasteiger charge is 2.39. The highest BCUT2D eigenvalue weighted by atomic mass is 16.5. The lowest BCUT2D eigenvalue weighted by Crippen LogP contribution is -2.52. The molecule has 6 heterocycles. The van der Waals surface area contributed by atoms with Gasteiger partial charge in [0.2, 0.25) is 11.8 Å². The highest BCUT2D eigenvalue weighted by molar-refractivity contribution is 6.08. The molecule has 5 aliphatic rings. The number of nitrogen functional groups attached to an aromatic ring is 1. The van der Waals surface area contributed by atoms with Crippen LogP contribution in [0.4, 0.5) is 17.2 Å². The quantitative estimate of drug-likeness (QED) is 0.114. The maximum absolute atomic E-state index is 13.4. The van der Waals surface area contributed by atoms with Gasteiger partial charge in [0.05, 0.1) is 18.9 Å². The average molecular weight is 830 g/mol. The van der Waals surface area contributed by atoms with E-state index in [1.807, 2.05) is 24.4 Å². The molecule has 0 bridgehead atoms. The number of benzene rings is 2. The molecule has 61 heavy (non-hydrogen) atoms. The van der Waals surface area contributed by atoms with Crippen molar-refractivity contribution in [2.45, 2.75) is 70.0 Å². The summed E-state index contributed by atoms with van der Waals surface area (Å²) in [7, 11) is 1.52. The lowest BCUT2D eigenvalue weighted by Gasteiger charge is -2.40. The molecular formula is C45H55N11O5. The number of nitrogens with one attached hydrogen (secondary N) is 2. The minimum Gasteiger partial charge on any atom is -0.496 e. The number of methoxy groups -OCH3 is 1. The minimum atomic E-state index is -0.590. The Labute approximate surface area is 355 Å². The molecule has 2 aromatic heterocycles. The first kappa shape index (κ1) is 40.5. The van der Waals surface area contributed by atoms with Crippen molar-refractivity contribution < 1.29 is 23.9 Å². The number of carbonyl (C=O) groups is 4. The molecule has 4 N–H and O–H groups in total. The summed E-state index contributed by atoms with van der Waals surface area (Å²) in [5.74, 6) is 1.06. The Kier molecular flexibility index (Phi) is 11.7. The van der Waals surface area contributed by atoms with Crippen LogP contribution in [0.25, 0.3) is 5.65 Å². The van der Waals surface area contributed by atoms with Gasteiger partial charge in [-0.1, -0.05) is 6.07 Å².